The molecular weight excluding hydrogens is 219 g/mol. The van der Waals surface area contributed by atoms with Crippen LogP contribution in [0.5, 0.6) is 0 Å². The average molecular weight is 231 g/mol. The highest BCUT2D eigenvalue weighted by molar-refractivity contribution is 6.35. The molecule has 0 aromatic heterocycles. The van der Waals surface area contributed by atoms with Gasteiger partial charge in [-0.3, -0.25) is 0 Å². The highest BCUT2D eigenvalue weighted by atomic mass is 35.5. The van der Waals surface area contributed by atoms with Crippen LogP contribution in [0.1, 0.15) is 12.0 Å². The number of benzene rings is 1. The predicted molar refractivity (Wildman–Crippen MR) is 61.0 cm³/mol. The van der Waals surface area contributed by atoms with Gasteiger partial charge in [-0.2, -0.15) is 0 Å². The standard InChI is InChI=1S/C11H12Cl2O/c1-2-4-8(14)7-9-10(12)5-3-6-11(9)13/h2-3,5-6,8,14H,1,4,7H2. The maximum absolute atomic E-state index is 9.56. The Labute approximate surface area is 94.0 Å². The quantitative estimate of drug-likeness (QED) is 0.786. The molecule has 0 fully saturated rings. The molecule has 0 bridgehead atoms. The van der Waals surface area contributed by atoms with E-state index in [0.717, 1.165) is 5.56 Å². The first-order valence-electron chi connectivity index (χ1n) is 4.37. The molecule has 0 aliphatic carbocycles. The molecule has 3 heteroatoms. The van der Waals surface area contributed by atoms with Gasteiger partial charge in [0.05, 0.1) is 6.10 Å². The van der Waals surface area contributed by atoms with E-state index in [2.05, 4.69) is 6.58 Å². The topological polar surface area (TPSA) is 20.2 Å². The Balaban J connectivity index is 2.80. The molecule has 0 heterocycles. The molecule has 1 unspecified atom stereocenters. The number of hydrogen-bond donors (Lipinski definition) is 1. The summed E-state index contributed by atoms with van der Waals surface area (Å²) in [5.74, 6) is 0. The third-order valence-corrected chi connectivity index (χ3v) is 2.65. The van der Waals surface area contributed by atoms with Crippen molar-refractivity contribution in [1.29, 1.82) is 0 Å². The Morgan fingerprint density at radius 3 is 2.43 bits per heavy atom. The van der Waals surface area contributed by atoms with Gasteiger partial charge in [-0.15, -0.1) is 6.58 Å². The second-order valence-electron chi connectivity index (χ2n) is 3.08. The SMILES string of the molecule is C=CCC(O)Cc1c(Cl)cccc1Cl. The Morgan fingerprint density at radius 2 is 1.93 bits per heavy atom. The van der Waals surface area contributed by atoms with E-state index in [1.165, 1.54) is 0 Å². The van der Waals surface area contributed by atoms with E-state index in [0.29, 0.717) is 22.9 Å². The lowest BCUT2D eigenvalue weighted by Crippen LogP contribution is -2.09. The summed E-state index contributed by atoms with van der Waals surface area (Å²) in [6.45, 7) is 3.56. The summed E-state index contributed by atoms with van der Waals surface area (Å²) < 4.78 is 0. The van der Waals surface area contributed by atoms with Crippen LogP contribution in [0.25, 0.3) is 0 Å². The number of hydrogen-bond acceptors (Lipinski definition) is 1. The summed E-state index contributed by atoms with van der Waals surface area (Å²) in [6.07, 6.45) is 2.21. The molecule has 1 N–H and O–H groups in total. The molecule has 1 aromatic carbocycles. The van der Waals surface area contributed by atoms with Gasteiger partial charge in [0.25, 0.3) is 0 Å². The predicted octanol–water partition coefficient (Wildman–Crippen LogP) is 3.47. The Kier molecular flexibility index (Phi) is 4.46. The Bertz CT molecular complexity index is 303. The molecule has 1 aromatic rings. The van der Waals surface area contributed by atoms with Gasteiger partial charge in [0, 0.05) is 16.5 Å². The highest BCUT2D eigenvalue weighted by Crippen LogP contribution is 2.25. The van der Waals surface area contributed by atoms with Crippen molar-refractivity contribution < 1.29 is 5.11 Å². The van der Waals surface area contributed by atoms with Crippen molar-refractivity contribution in [3.8, 4) is 0 Å². The van der Waals surface area contributed by atoms with Crippen LogP contribution >= 0.6 is 23.2 Å². The average Bonchev–Trinajstić information content (AvgIpc) is 2.12. The number of halogens is 2. The molecular formula is C11H12Cl2O. The van der Waals surface area contributed by atoms with Crippen molar-refractivity contribution in [3.63, 3.8) is 0 Å². The van der Waals surface area contributed by atoms with Gasteiger partial charge in [0.2, 0.25) is 0 Å². The molecule has 0 amide bonds. The van der Waals surface area contributed by atoms with Gasteiger partial charge in [-0.1, -0.05) is 35.3 Å². The summed E-state index contributed by atoms with van der Waals surface area (Å²) >= 11 is 11.9. The van der Waals surface area contributed by atoms with Crippen molar-refractivity contribution in [3.05, 3.63) is 46.5 Å². The van der Waals surface area contributed by atoms with Gasteiger partial charge in [-0.25, -0.2) is 0 Å². The molecule has 1 nitrogen and oxygen atoms in total. The first kappa shape index (κ1) is 11.6. The zero-order chi connectivity index (χ0) is 10.6. The molecule has 76 valence electrons. The van der Waals surface area contributed by atoms with Crippen LogP contribution in [0, 0.1) is 0 Å². The van der Waals surface area contributed by atoms with Crippen molar-refractivity contribution in [2.24, 2.45) is 0 Å². The summed E-state index contributed by atoms with van der Waals surface area (Å²) in [7, 11) is 0. The molecule has 0 aliphatic rings. The van der Waals surface area contributed by atoms with Gasteiger partial charge in [0.1, 0.15) is 0 Å². The van der Waals surface area contributed by atoms with Gasteiger partial charge in [-0.05, 0) is 24.1 Å². The smallest absolute Gasteiger partial charge is 0.0615 e. The molecule has 14 heavy (non-hydrogen) atoms. The van der Waals surface area contributed by atoms with E-state index >= 15 is 0 Å². The van der Waals surface area contributed by atoms with Crippen LogP contribution in [0.2, 0.25) is 10.0 Å². The van der Waals surface area contributed by atoms with Gasteiger partial charge in [0.15, 0.2) is 0 Å². The summed E-state index contributed by atoms with van der Waals surface area (Å²) in [4.78, 5) is 0. The van der Waals surface area contributed by atoms with Crippen LogP contribution in [0.3, 0.4) is 0 Å². The summed E-state index contributed by atoms with van der Waals surface area (Å²) in [5.41, 5.74) is 0.796. The van der Waals surface area contributed by atoms with E-state index in [1.807, 2.05) is 0 Å². The van der Waals surface area contributed by atoms with Crippen molar-refractivity contribution in [2.45, 2.75) is 18.9 Å². The second-order valence-corrected chi connectivity index (χ2v) is 3.90. The van der Waals surface area contributed by atoms with Gasteiger partial charge >= 0.3 is 0 Å². The van der Waals surface area contributed by atoms with E-state index < -0.39 is 6.10 Å². The molecule has 1 atom stereocenters. The number of aliphatic hydroxyl groups excluding tert-OH is 1. The fraction of sp³-hybridized carbons (Fsp3) is 0.273. The van der Waals surface area contributed by atoms with Crippen LogP contribution in [0.15, 0.2) is 30.9 Å². The summed E-state index contributed by atoms with van der Waals surface area (Å²) in [5, 5.41) is 10.8. The van der Waals surface area contributed by atoms with Crippen molar-refractivity contribution in [1.82, 2.24) is 0 Å². The lowest BCUT2D eigenvalue weighted by atomic mass is 10.1. The molecule has 0 radical (unpaired) electrons. The normalized spacial score (nSPS) is 12.5. The third-order valence-electron chi connectivity index (χ3n) is 1.94. The van der Waals surface area contributed by atoms with Crippen LogP contribution in [-0.4, -0.2) is 11.2 Å². The van der Waals surface area contributed by atoms with Crippen molar-refractivity contribution >= 4 is 23.2 Å². The monoisotopic (exact) mass is 230 g/mol. The number of rotatable bonds is 4. The maximum Gasteiger partial charge on any atom is 0.0615 e. The minimum Gasteiger partial charge on any atom is -0.392 e. The third kappa shape index (κ3) is 3.02. The van der Waals surface area contributed by atoms with E-state index in [1.54, 1.807) is 24.3 Å². The highest BCUT2D eigenvalue weighted by Gasteiger charge is 2.10. The van der Waals surface area contributed by atoms with Crippen LogP contribution in [0.4, 0.5) is 0 Å². The van der Waals surface area contributed by atoms with E-state index in [9.17, 15) is 5.11 Å². The van der Waals surface area contributed by atoms with E-state index in [4.69, 9.17) is 23.2 Å². The maximum atomic E-state index is 9.56. The van der Waals surface area contributed by atoms with Crippen LogP contribution in [-0.2, 0) is 6.42 Å². The Morgan fingerprint density at radius 1 is 1.36 bits per heavy atom. The van der Waals surface area contributed by atoms with Gasteiger partial charge < -0.3 is 5.11 Å². The number of aliphatic hydroxyl groups is 1. The van der Waals surface area contributed by atoms with Crippen LogP contribution < -0.4 is 0 Å². The van der Waals surface area contributed by atoms with E-state index in [-0.39, 0.29) is 0 Å². The molecule has 0 spiro atoms. The second kappa shape index (κ2) is 5.40. The molecule has 0 saturated heterocycles. The fourth-order valence-corrected chi connectivity index (χ4v) is 1.79. The minimum absolute atomic E-state index is 0.463. The zero-order valence-corrected chi connectivity index (χ0v) is 9.22. The summed E-state index contributed by atoms with van der Waals surface area (Å²) in [6, 6.07) is 5.32. The first-order chi connectivity index (χ1) is 6.65. The largest absolute Gasteiger partial charge is 0.392 e. The first-order valence-corrected chi connectivity index (χ1v) is 5.12. The molecule has 1 rings (SSSR count). The fourth-order valence-electron chi connectivity index (χ4n) is 1.24. The van der Waals surface area contributed by atoms with Crippen molar-refractivity contribution in [2.75, 3.05) is 0 Å². The minimum atomic E-state index is -0.468. The zero-order valence-electron chi connectivity index (χ0n) is 7.71. The lowest BCUT2D eigenvalue weighted by Gasteiger charge is -2.10. The lowest BCUT2D eigenvalue weighted by molar-refractivity contribution is 0.178. The molecule has 0 aliphatic heterocycles. The molecule has 0 saturated carbocycles. The Hall–Kier alpha value is -0.500.